The topological polar surface area (TPSA) is 71.1 Å². The van der Waals surface area contributed by atoms with Crippen molar-refractivity contribution in [2.75, 3.05) is 10.6 Å². The Morgan fingerprint density at radius 1 is 1.05 bits per heavy atom. The molecule has 21 heavy (non-hydrogen) atoms. The number of hydrogen-bond donors (Lipinski definition) is 2. The van der Waals surface area contributed by atoms with E-state index in [2.05, 4.69) is 15.6 Å². The Balaban J connectivity index is 1.68. The predicted molar refractivity (Wildman–Crippen MR) is 80.0 cm³/mol. The molecule has 1 aromatic heterocycles. The highest BCUT2D eigenvalue weighted by atomic mass is 16.2. The number of nitrogens with one attached hydrogen (secondary N) is 2. The molecule has 2 N–H and O–H groups in total. The molecule has 2 aromatic rings. The number of nitrogens with zero attached hydrogens (tertiary/aromatic N) is 1. The van der Waals surface area contributed by atoms with E-state index >= 15 is 0 Å². The lowest BCUT2D eigenvalue weighted by Gasteiger charge is -2.08. The fraction of sp³-hybridized carbons (Fsp3) is 0.188. The number of carbonyl (C=O) groups excluding carboxylic acids is 2. The molecule has 5 heteroatoms. The quantitative estimate of drug-likeness (QED) is 0.905. The van der Waals surface area contributed by atoms with Crippen LogP contribution < -0.4 is 10.6 Å². The molecule has 0 saturated heterocycles. The second-order valence-corrected chi connectivity index (χ2v) is 5.04. The van der Waals surface area contributed by atoms with Gasteiger partial charge >= 0.3 is 0 Å². The Bertz CT molecular complexity index is 666. The summed E-state index contributed by atoms with van der Waals surface area (Å²) < 4.78 is 0. The van der Waals surface area contributed by atoms with E-state index in [1.165, 1.54) is 6.20 Å². The zero-order valence-electron chi connectivity index (χ0n) is 11.4. The summed E-state index contributed by atoms with van der Waals surface area (Å²) in [6.07, 6.45) is 5.05. The Kier molecular flexibility index (Phi) is 3.64. The summed E-state index contributed by atoms with van der Waals surface area (Å²) in [7, 11) is 0. The average molecular weight is 281 g/mol. The zero-order valence-corrected chi connectivity index (χ0v) is 11.4. The number of amides is 2. The Morgan fingerprint density at radius 3 is 2.48 bits per heavy atom. The smallest absolute Gasteiger partial charge is 0.257 e. The van der Waals surface area contributed by atoms with Gasteiger partial charge in [0.05, 0.1) is 5.56 Å². The molecule has 1 aromatic carbocycles. The molecule has 106 valence electrons. The number of carbonyl (C=O) groups is 2. The summed E-state index contributed by atoms with van der Waals surface area (Å²) in [4.78, 5) is 27.7. The zero-order chi connectivity index (χ0) is 14.7. The van der Waals surface area contributed by atoms with Crippen molar-refractivity contribution in [1.82, 2.24) is 4.98 Å². The van der Waals surface area contributed by atoms with Crippen LogP contribution in [0.15, 0.2) is 48.8 Å². The predicted octanol–water partition coefficient (Wildman–Crippen LogP) is 2.68. The number of rotatable bonds is 4. The molecule has 0 spiro atoms. The van der Waals surface area contributed by atoms with Crippen LogP contribution in [0.4, 0.5) is 11.4 Å². The number of hydrogen-bond acceptors (Lipinski definition) is 3. The van der Waals surface area contributed by atoms with Crippen molar-refractivity contribution in [3.8, 4) is 0 Å². The van der Waals surface area contributed by atoms with Gasteiger partial charge in [-0.15, -0.1) is 0 Å². The van der Waals surface area contributed by atoms with Gasteiger partial charge in [-0.25, -0.2) is 0 Å². The average Bonchev–Trinajstić information content (AvgIpc) is 3.33. The lowest BCUT2D eigenvalue weighted by Crippen LogP contribution is -2.14. The summed E-state index contributed by atoms with van der Waals surface area (Å²) in [5.41, 5.74) is 1.82. The van der Waals surface area contributed by atoms with Crippen molar-refractivity contribution in [3.63, 3.8) is 0 Å². The van der Waals surface area contributed by atoms with Gasteiger partial charge in [0.25, 0.3) is 5.91 Å². The third-order valence-electron chi connectivity index (χ3n) is 3.26. The normalized spacial score (nSPS) is 13.5. The second kappa shape index (κ2) is 5.75. The van der Waals surface area contributed by atoms with Crippen molar-refractivity contribution in [2.24, 2.45) is 5.92 Å². The van der Waals surface area contributed by atoms with Gasteiger partial charge in [-0.1, -0.05) is 6.07 Å². The molecule has 0 unspecified atom stereocenters. The number of aromatic nitrogens is 1. The number of benzene rings is 1. The van der Waals surface area contributed by atoms with Gasteiger partial charge in [0.2, 0.25) is 5.91 Å². The molecule has 5 nitrogen and oxygen atoms in total. The lowest BCUT2D eigenvalue weighted by molar-refractivity contribution is -0.117. The minimum atomic E-state index is -0.228. The van der Waals surface area contributed by atoms with Gasteiger partial charge in [-0.3, -0.25) is 14.6 Å². The molecule has 1 aliphatic carbocycles. The summed E-state index contributed by atoms with van der Waals surface area (Å²) in [5.74, 6) is -0.0295. The van der Waals surface area contributed by atoms with Crippen molar-refractivity contribution in [2.45, 2.75) is 12.8 Å². The summed E-state index contributed by atoms with van der Waals surface area (Å²) in [6, 6.07) is 10.5. The highest BCUT2D eigenvalue weighted by Gasteiger charge is 2.29. The highest BCUT2D eigenvalue weighted by molar-refractivity contribution is 6.04. The van der Waals surface area contributed by atoms with Crippen molar-refractivity contribution in [3.05, 3.63) is 54.4 Å². The molecule has 0 bridgehead atoms. The maximum atomic E-state index is 12.0. The first kappa shape index (κ1) is 13.3. The van der Waals surface area contributed by atoms with Crippen molar-refractivity contribution in [1.29, 1.82) is 0 Å². The van der Waals surface area contributed by atoms with E-state index in [0.717, 1.165) is 12.8 Å². The Morgan fingerprint density at radius 2 is 1.81 bits per heavy atom. The SMILES string of the molecule is O=C(Nc1cccc(NC(=O)C2CC2)c1)c1cccnc1. The largest absolute Gasteiger partial charge is 0.326 e. The van der Waals surface area contributed by atoms with Crippen molar-refractivity contribution < 1.29 is 9.59 Å². The molecule has 1 aliphatic rings. The first-order valence-electron chi connectivity index (χ1n) is 6.85. The fourth-order valence-electron chi connectivity index (χ4n) is 1.96. The van der Waals surface area contributed by atoms with Crippen LogP contribution in [0.25, 0.3) is 0 Å². The number of pyridine rings is 1. The Labute approximate surface area is 122 Å². The van der Waals surface area contributed by atoms with Crippen LogP contribution in [0.1, 0.15) is 23.2 Å². The molecule has 0 atom stereocenters. The molecule has 2 amide bonds. The molecule has 1 saturated carbocycles. The van der Waals surface area contributed by atoms with E-state index in [9.17, 15) is 9.59 Å². The van der Waals surface area contributed by atoms with Gasteiger partial charge in [0, 0.05) is 29.7 Å². The first-order chi connectivity index (χ1) is 10.2. The molecule has 1 heterocycles. The molecule has 0 radical (unpaired) electrons. The maximum absolute atomic E-state index is 12.0. The van der Waals surface area contributed by atoms with Gasteiger partial charge in [-0.05, 0) is 43.2 Å². The van der Waals surface area contributed by atoms with Gasteiger partial charge < -0.3 is 10.6 Å². The van der Waals surface area contributed by atoms with Crippen LogP contribution in [-0.4, -0.2) is 16.8 Å². The van der Waals surface area contributed by atoms with Gasteiger partial charge in [0.1, 0.15) is 0 Å². The van der Waals surface area contributed by atoms with E-state index in [1.807, 2.05) is 0 Å². The third kappa shape index (κ3) is 3.45. The maximum Gasteiger partial charge on any atom is 0.257 e. The van der Waals surface area contributed by atoms with Crippen LogP contribution >= 0.6 is 0 Å². The van der Waals surface area contributed by atoms with E-state index in [0.29, 0.717) is 16.9 Å². The van der Waals surface area contributed by atoms with E-state index in [4.69, 9.17) is 0 Å². The molecular formula is C16H15N3O2. The minimum Gasteiger partial charge on any atom is -0.326 e. The summed E-state index contributed by atoms with van der Waals surface area (Å²) in [5, 5.41) is 5.64. The van der Waals surface area contributed by atoms with Gasteiger partial charge in [0.15, 0.2) is 0 Å². The first-order valence-corrected chi connectivity index (χ1v) is 6.85. The molecule has 0 aliphatic heterocycles. The summed E-state index contributed by atoms with van der Waals surface area (Å²) >= 11 is 0. The molecule has 3 rings (SSSR count). The Hall–Kier alpha value is -2.69. The summed E-state index contributed by atoms with van der Waals surface area (Å²) in [6.45, 7) is 0. The standard InChI is InChI=1S/C16H15N3O2/c20-15(11-6-7-11)18-13-4-1-5-14(9-13)19-16(21)12-3-2-8-17-10-12/h1-5,8-11H,6-7H2,(H,18,20)(H,19,21). The molecular weight excluding hydrogens is 266 g/mol. The van der Waals surface area contributed by atoms with Crippen LogP contribution in [-0.2, 0) is 4.79 Å². The minimum absolute atomic E-state index is 0.0470. The van der Waals surface area contributed by atoms with E-state index < -0.39 is 0 Å². The van der Waals surface area contributed by atoms with Crippen LogP contribution in [0.5, 0.6) is 0 Å². The third-order valence-corrected chi connectivity index (χ3v) is 3.26. The number of anilines is 2. The van der Waals surface area contributed by atoms with Crippen molar-refractivity contribution >= 4 is 23.2 Å². The van der Waals surface area contributed by atoms with E-state index in [1.54, 1.807) is 42.6 Å². The van der Waals surface area contributed by atoms with Crippen LogP contribution in [0, 0.1) is 5.92 Å². The fourth-order valence-corrected chi connectivity index (χ4v) is 1.96. The highest BCUT2D eigenvalue weighted by Crippen LogP contribution is 2.30. The van der Waals surface area contributed by atoms with Crippen LogP contribution in [0.2, 0.25) is 0 Å². The lowest BCUT2D eigenvalue weighted by atomic mass is 10.2. The van der Waals surface area contributed by atoms with Crippen LogP contribution in [0.3, 0.4) is 0 Å². The van der Waals surface area contributed by atoms with E-state index in [-0.39, 0.29) is 17.7 Å². The van der Waals surface area contributed by atoms with Gasteiger partial charge in [-0.2, -0.15) is 0 Å². The molecule has 1 fully saturated rings. The second-order valence-electron chi connectivity index (χ2n) is 5.04. The monoisotopic (exact) mass is 281 g/mol.